The van der Waals surface area contributed by atoms with Crippen LogP contribution < -0.4 is 26.8 Å². The highest BCUT2D eigenvalue weighted by Crippen LogP contribution is 2.36. The Bertz CT molecular complexity index is 1600. The first-order valence-electron chi connectivity index (χ1n) is 12.6. The molecule has 11 nitrogen and oxygen atoms in total. The first kappa shape index (κ1) is 28.4. The molecule has 210 valence electrons. The Morgan fingerprint density at radius 2 is 1.70 bits per heavy atom. The highest BCUT2D eigenvalue weighted by Gasteiger charge is 2.24. The molecule has 0 bridgehead atoms. The number of para-hydroxylation sites is 1. The molecule has 0 aliphatic carbocycles. The van der Waals surface area contributed by atoms with Crippen molar-refractivity contribution in [3.05, 3.63) is 76.0 Å². The molecule has 2 aromatic carbocycles. The number of halogens is 2. The van der Waals surface area contributed by atoms with E-state index in [9.17, 15) is 23.2 Å². The number of nitrogens with two attached hydrogens (primary N) is 1. The number of nitrogens with zero attached hydrogens (tertiary/aromatic N) is 5. The lowest BCUT2D eigenvalue weighted by Gasteiger charge is -2.22. The molecule has 1 aliphatic rings. The van der Waals surface area contributed by atoms with E-state index in [1.807, 2.05) is 30.7 Å². The lowest BCUT2D eigenvalue weighted by Crippen LogP contribution is -2.27. The van der Waals surface area contributed by atoms with Crippen molar-refractivity contribution in [2.75, 3.05) is 36.9 Å². The predicted molar refractivity (Wildman–Crippen MR) is 148 cm³/mol. The maximum absolute atomic E-state index is 14.2. The molecule has 5 rings (SSSR count). The van der Waals surface area contributed by atoms with E-state index in [-0.39, 0.29) is 18.1 Å². The van der Waals surface area contributed by atoms with Crippen molar-refractivity contribution in [2.24, 2.45) is 12.8 Å². The molecule has 13 heteroatoms. The number of aromatic nitrogens is 4. The Balaban J connectivity index is 0.000000557. The Morgan fingerprint density at radius 3 is 2.30 bits per heavy atom. The Kier molecular flexibility index (Phi) is 8.53. The molecule has 0 unspecified atom stereocenters. The summed E-state index contributed by atoms with van der Waals surface area (Å²) in [6, 6.07) is 9.20. The molecule has 1 saturated heterocycles. The minimum atomic E-state index is -0.959. The van der Waals surface area contributed by atoms with E-state index in [1.54, 1.807) is 7.05 Å². The topological polar surface area (TPSA) is 140 Å². The maximum atomic E-state index is 14.2. The quantitative estimate of drug-likeness (QED) is 0.345. The third kappa shape index (κ3) is 5.69. The minimum absolute atomic E-state index is 0.0799. The van der Waals surface area contributed by atoms with E-state index < -0.39 is 28.8 Å². The fourth-order valence-corrected chi connectivity index (χ4v) is 4.39. The number of likely N-dealkylation sites (N-methyl/N-ethyl adjacent to an activating group) is 1. The molecule has 0 saturated carbocycles. The summed E-state index contributed by atoms with van der Waals surface area (Å²) in [6.45, 7) is 3.68. The van der Waals surface area contributed by atoms with Gasteiger partial charge < -0.3 is 25.8 Å². The molecule has 3 heterocycles. The zero-order valence-electron chi connectivity index (χ0n) is 22.4. The van der Waals surface area contributed by atoms with Gasteiger partial charge in [0, 0.05) is 33.3 Å². The molecular weight excluding hydrogens is 522 g/mol. The number of anilines is 2. The molecule has 2 aromatic heterocycles. The summed E-state index contributed by atoms with van der Waals surface area (Å²) in [5, 5.41) is 9.15. The first-order chi connectivity index (χ1) is 19.2. The molecule has 2 amide bonds. The summed E-state index contributed by atoms with van der Waals surface area (Å²) in [7, 11) is 3.49. The van der Waals surface area contributed by atoms with Gasteiger partial charge in [0.05, 0.1) is 23.4 Å². The van der Waals surface area contributed by atoms with Gasteiger partial charge in [0.25, 0.3) is 11.5 Å². The van der Waals surface area contributed by atoms with Crippen LogP contribution in [0, 0.1) is 18.6 Å². The van der Waals surface area contributed by atoms with Crippen molar-refractivity contribution in [1.29, 1.82) is 0 Å². The van der Waals surface area contributed by atoms with Crippen molar-refractivity contribution in [3.63, 3.8) is 0 Å². The number of aryl methyl sites for hydroxylation is 2. The van der Waals surface area contributed by atoms with Gasteiger partial charge in [-0.15, -0.1) is 0 Å². The van der Waals surface area contributed by atoms with Crippen molar-refractivity contribution in [3.8, 4) is 5.69 Å². The van der Waals surface area contributed by atoms with Crippen molar-refractivity contribution in [2.45, 2.75) is 19.8 Å². The van der Waals surface area contributed by atoms with Gasteiger partial charge in [-0.25, -0.2) is 13.8 Å². The molecular formula is C27H30F2N8O3. The Morgan fingerprint density at radius 1 is 1.02 bits per heavy atom. The van der Waals surface area contributed by atoms with Gasteiger partial charge in [-0.2, -0.15) is 9.78 Å². The average Bonchev–Trinajstić information content (AvgIpc) is 3.57. The largest absolute Gasteiger partial charge is 0.368 e. The number of hydrogen-bond acceptors (Lipinski definition) is 7. The zero-order chi connectivity index (χ0) is 29.0. The number of carbonyl (C=O) groups is 2. The monoisotopic (exact) mass is 552 g/mol. The van der Waals surface area contributed by atoms with E-state index in [1.165, 1.54) is 12.1 Å². The van der Waals surface area contributed by atoms with Crippen LogP contribution in [0.2, 0.25) is 0 Å². The van der Waals surface area contributed by atoms with Gasteiger partial charge in [-0.3, -0.25) is 14.4 Å². The second kappa shape index (κ2) is 12.0. The molecule has 0 radical (unpaired) electrons. The molecule has 1 aliphatic heterocycles. The van der Waals surface area contributed by atoms with Crippen molar-refractivity contribution in [1.82, 2.24) is 24.6 Å². The summed E-state index contributed by atoms with van der Waals surface area (Å²) in [4.78, 5) is 42.3. The summed E-state index contributed by atoms with van der Waals surface area (Å²) >= 11 is 0. The predicted octanol–water partition coefficient (Wildman–Crippen LogP) is 2.25. The number of benzene rings is 2. The standard InChI is InChI=1S/C24H22F2N6O2.C3H8N2O/c1-14-27-21-19(30(14)2)10-8-17(23(21)31-12-3-4-13-31)28-24(34)18-9-11-20(33)32(29-18)22-15(25)6-5-7-16(22)26;1-5-3(6)2-4/h5-11H,3-4,12-13H2,1-2H3,(H,28,34);2,4H2,1H3,(H,5,6). The minimum Gasteiger partial charge on any atom is -0.368 e. The number of rotatable bonds is 5. The number of imidazole rings is 1. The van der Waals surface area contributed by atoms with E-state index in [0.29, 0.717) is 10.4 Å². The Hall–Kier alpha value is -4.65. The number of carbonyl (C=O) groups excluding carboxylic acids is 2. The first-order valence-corrected chi connectivity index (χ1v) is 12.6. The van der Waals surface area contributed by atoms with E-state index in [2.05, 4.69) is 20.6 Å². The summed E-state index contributed by atoms with van der Waals surface area (Å²) < 4.78 is 31.0. The lowest BCUT2D eigenvalue weighted by molar-refractivity contribution is -0.119. The molecule has 40 heavy (non-hydrogen) atoms. The van der Waals surface area contributed by atoms with Gasteiger partial charge in [0.2, 0.25) is 5.91 Å². The number of nitrogens with one attached hydrogen (secondary N) is 2. The molecule has 4 N–H and O–H groups in total. The highest BCUT2D eigenvalue weighted by atomic mass is 19.1. The summed E-state index contributed by atoms with van der Waals surface area (Å²) in [6.07, 6.45) is 2.08. The van der Waals surface area contributed by atoms with Crippen LogP contribution in [0.1, 0.15) is 29.2 Å². The van der Waals surface area contributed by atoms with Crippen LogP contribution >= 0.6 is 0 Å². The average molecular weight is 553 g/mol. The van der Waals surface area contributed by atoms with Crippen LogP contribution in [0.15, 0.2) is 47.3 Å². The van der Waals surface area contributed by atoms with Crippen LogP contribution in [0.3, 0.4) is 0 Å². The fraction of sp³-hybridized carbons (Fsp3) is 0.296. The van der Waals surface area contributed by atoms with Crippen LogP contribution in [0.4, 0.5) is 20.2 Å². The van der Waals surface area contributed by atoms with Gasteiger partial charge in [0.1, 0.15) is 22.7 Å². The molecule has 4 aromatic rings. The second-order valence-electron chi connectivity index (χ2n) is 9.11. The van der Waals surface area contributed by atoms with E-state index >= 15 is 0 Å². The summed E-state index contributed by atoms with van der Waals surface area (Å²) in [5.41, 5.74) is 6.41. The summed E-state index contributed by atoms with van der Waals surface area (Å²) in [5.74, 6) is -1.81. The molecule has 0 spiro atoms. The smallest absolute Gasteiger partial charge is 0.276 e. The third-order valence-electron chi connectivity index (χ3n) is 6.57. The highest BCUT2D eigenvalue weighted by molar-refractivity contribution is 6.08. The Labute approximate surface area is 228 Å². The fourth-order valence-electron chi connectivity index (χ4n) is 4.39. The van der Waals surface area contributed by atoms with Gasteiger partial charge in [-0.1, -0.05) is 6.07 Å². The molecule has 1 fully saturated rings. The van der Waals surface area contributed by atoms with Crippen molar-refractivity contribution < 1.29 is 18.4 Å². The van der Waals surface area contributed by atoms with Crippen LogP contribution in [0.5, 0.6) is 0 Å². The van der Waals surface area contributed by atoms with Gasteiger partial charge in [0.15, 0.2) is 11.6 Å². The van der Waals surface area contributed by atoms with Crippen LogP contribution in [-0.2, 0) is 11.8 Å². The number of amides is 2. The maximum Gasteiger partial charge on any atom is 0.276 e. The number of fused-ring (bicyclic) bond motifs is 1. The third-order valence-corrected chi connectivity index (χ3v) is 6.57. The SMILES string of the molecule is CNC(=O)CN.Cc1nc2c(N3CCCC3)c(NC(=O)c3ccc(=O)n(-c4c(F)cccc4F)n3)ccc2n1C. The normalized spacial score (nSPS) is 12.7. The van der Waals surface area contributed by atoms with Crippen molar-refractivity contribution >= 4 is 34.2 Å². The van der Waals surface area contributed by atoms with Crippen LogP contribution in [0.25, 0.3) is 16.7 Å². The van der Waals surface area contributed by atoms with Gasteiger partial charge in [-0.05, 0) is 50.1 Å². The zero-order valence-corrected chi connectivity index (χ0v) is 22.4. The number of hydrogen-bond donors (Lipinski definition) is 3. The van der Waals surface area contributed by atoms with Gasteiger partial charge >= 0.3 is 0 Å². The van der Waals surface area contributed by atoms with E-state index in [4.69, 9.17) is 10.7 Å². The lowest BCUT2D eigenvalue weighted by atomic mass is 10.2. The van der Waals surface area contributed by atoms with Crippen LogP contribution in [-0.4, -0.2) is 57.8 Å². The second-order valence-corrected chi connectivity index (χ2v) is 9.11. The van der Waals surface area contributed by atoms with E-state index in [0.717, 1.165) is 66.7 Å². The molecule has 0 atom stereocenters.